The summed E-state index contributed by atoms with van der Waals surface area (Å²) >= 11 is 0. The van der Waals surface area contributed by atoms with Crippen molar-refractivity contribution in [3.05, 3.63) is 12.1 Å². The Morgan fingerprint density at radius 3 is 2.39 bits per heavy atom. The van der Waals surface area contributed by atoms with Gasteiger partial charge in [-0.1, -0.05) is 0 Å². The summed E-state index contributed by atoms with van der Waals surface area (Å²) in [6, 6.07) is 3.42. The second-order valence-electron chi connectivity index (χ2n) is 5.35. The van der Waals surface area contributed by atoms with Crippen LogP contribution in [0.15, 0.2) is 12.1 Å². The van der Waals surface area contributed by atoms with Gasteiger partial charge in [0.2, 0.25) is 5.91 Å². The molecule has 0 bridgehead atoms. The molecule has 1 heterocycles. The monoisotopic (exact) mass is 344 g/mol. The van der Waals surface area contributed by atoms with Crippen molar-refractivity contribution < 1.29 is 19.0 Å². The maximum absolute atomic E-state index is 12.1. The molecule has 7 heteroatoms. The molecule has 1 fully saturated rings. The maximum Gasteiger partial charge on any atom is 0.224 e. The summed E-state index contributed by atoms with van der Waals surface area (Å²) in [6.45, 7) is 2.06. The van der Waals surface area contributed by atoms with Gasteiger partial charge in [-0.3, -0.25) is 4.79 Å². The zero-order valence-electron chi connectivity index (χ0n) is 13.8. The Labute approximate surface area is 143 Å². The van der Waals surface area contributed by atoms with E-state index in [4.69, 9.17) is 14.2 Å². The molecular weight excluding hydrogens is 320 g/mol. The van der Waals surface area contributed by atoms with Crippen molar-refractivity contribution in [2.75, 3.05) is 39.7 Å². The second kappa shape index (κ2) is 9.47. The molecular formula is C16H25ClN2O4. The largest absolute Gasteiger partial charge is 0.494 e. The minimum absolute atomic E-state index is 0. The molecule has 1 aliphatic heterocycles. The van der Waals surface area contributed by atoms with Crippen molar-refractivity contribution in [2.24, 2.45) is 5.92 Å². The van der Waals surface area contributed by atoms with E-state index in [1.807, 2.05) is 0 Å². The number of methoxy groups -OCH3 is 3. The first-order valence-corrected chi connectivity index (χ1v) is 7.48. The Balaban J connectivity index is 0.00000264. The molecule has 1 aromatic carbocycles. The molecule has 0 spiro atoms. The summed E-state index contributed by atoms with van der Waals surface area (Å²) in [6.07, 6.45) is 2.55. The average Bonchev–Trinajstić information content (AvgIpc) is 3.05. The van der Waals surface area contributed by atoms with Crippen molar-refractivity contribution >= 4 is 24.0 Å². The number of hydrogen-bond donors (Lipinski definition) is 2. The standard InChI is InChI=1S/C16H24N2O4.ClH/c1-20-13-9-15(22-3)14(21-2)8-12(13)18-16(19)5-4-11-6-7-17-10-11;/h8-9,11,17H,4-7,10H2,1-3H3,(H,18,19);1H. The number of rotatable bonds is 7. The predicted octanol–water partition coefficient (Wildman–Crippen LogP) is 2.46. The van der Waals surface area contributed by atoms with Crippen LogP contribution in [0.2, 0.25) is 0 Å². The van der Waals surface area contributed by atoms with Gasteiger partial charge < -0.3 is 24.8 Å². The third-order valence-corrected chi connectivity index (χ3v) is 3.92. The second-order valence-corrected chi connectivity index (χ2v) is 5.35. The number of benzene rings is 1. The number of ether oxygens (including phenoxy) is 3. The van der Waals surface area contributed by atoms with Gasteiger partial charge in [-0.2, -0.15) is 0 Å². The first-order valence-electron chi connectivity index (χ1n) is 7.48. The summed E-state index contributed by atoms with van der Waals surface area (Å²) in [5.41, 5.74) is 0.592. The van der Waals surface area contributed by atoms with E-state index in [0.717, 1.165) is 25.9 Å². The molecule has 1 unspecified atom stereocenters. The van der Waals surface area contributed by atoms with Crippen molar-refractivity contribution in [1.29, 1.82) is 0 Å². The van der Waals surface area contributed by atoms with Crippen LogP contribution < -0.4 is 24.8 Å². The number of hydrogen-bond acceptors (Lipinski definition) is 5. The highest BCUT2D eigenvalue weighted by Crippen LogP contribution is 2.37. The number of halogens is 1. The van der Waals surface area contributed by atoms with Crippen LogP contribution in [0.5, 0.6) is 17.2 Å². The number of carbonyl (C=O) groups is 1. The van der Waals surface area contributed by atoms with Crippen LogP contribution in [0.25, 0.3) is 0 Å². The lowest BCUT2D eigenvalue weighted by Crippen LogP contribution is -2.15. The number of nitrogens with one attached hydrogen (secondary N) is 2. The highest BCUT2D eigenvalue weighted by atomic mass is 35.5. The average molecular weight is 345 g/mol. The van der Waals surface area contributed by atoms with E-state index < -0.39 is 0 Å². The van der Waals surface area contributed by atoms with Crippen molar-refractivity contribution in [2.45, 2.75) is 19.3 Å². The molecule has 0 radical (unpaired) electrons. The summed E-state index contributed by atoms with van der Waals surface area (Å²) in [5.74, 6) is 2.25. The minimum Gasteiger partial charge on any atom is -0.494 e. The fourth-order valence-corrected chi connectivity index (χ4v) is 2.64. The molecule has 130 valence electrons. The van der Waals surface area contributed by atoms with Gasteiger partial charge in [0.25, 0.3) is 0 Å². The molecule has 0 saturated carbocycles. The highest BCUT2D eigenvalue weighted by Gasteiger charge is 2.17. The molecule has 23 heavy (non-hydrogen) atoms. The Kier molecular flexibility index (Phi) is 7.98. The van der Waals surface area contributed by atoms with Crippen LogP contribution >= 0.6 is 12.4 Å². The summed E-state index contributed by atoms with van der Waals surface area (Å²) in [4.78, 5) is 12.1. The summed E-state index contributed by atoms with van der Waals surface area (Å²) < 4.78 is 15.8. The van der Waals surface area contributed by atoms with Gasteiger partial charge in [0.15, 0.2) is 11.5 Å². The fourth-order valence-electron chi connectivity index (χ4n) is 2.64. The van der Waals surface area contributed by atoms with Gasteiger partial charge in [0.05, 0.1) is 27.0 Å². The van der Waals surface area contributed by atoms with Crippen LogP contribution in [0, 0.1) is 5.92 Å². The highest BCUT2D eigenvalue weighted by molar-refractivity contribution is 5.92. The SMILES string of the molecule is COc1cc(OC)c(OC)cc1NC(=O)CCC1CCNC1.Cl. The van der Waals surface area contributed by atoms with Gasteiger partial charge in [0.1, 0.15) is 5.75 Å². The molecule has 1 saturated heterocycles. The molecule has 1 atom stereocenters. The van der Waals surface area contributed by atoms with Crippen molar-refractivity contribution in [3.63, 3.8) is 0 Å². The molecule has 0 aromatic heterocycles. The van der Waals surface area contributed by atoms with Gasteiger partial charge in [-0.25, -0.2) is 0 Å². The van der Waals surface area contributed by atoms with E-state index in [1.165, 1.54) is 0 Å². The van der Waals surface area contributed by atoms with Crippen molar-refractivity contribution in [1.82, 2.24) is 5.32 Å². The van der Waals surface area contributed by atoms with Gasteiger partial charge in [-0.15, -0.1) is 12.4 Å². The van der Waals surface area contributed by atoms with Gasteiger partial charge in [0, 0.05) is 18.6 Å². The number of carbonyl (C=O) groups excluding carboxylic acids is 1. The van der Waals surface area contributed by atoms with Crippen LogP contribution in [-0.4, -0.2) is 40.3 Å². The van der Waals surface area contributed by atoms with E-state index in [1.54, 1.807) is 33.5 Å². The third kappa shape index (κ3) is 5.18. The Morgan fingerprint density at radius 1 is 1.17 bits per heavy atom. The fraction of sp³-hybridized carbons (Fsp3) is 0.562. The smallest absolute Gasteiger partial charge is 0.224 e. The van der Waals surface area contributed by atoms with Crippen LogP contribution in [0.3, 0.4) is 0 Å². The minimum atomic E-state index is -0.0163. The molecule has 1 aliphatic rings. The Hall–Kier alpha value is -1.66. The summed E-state index contributed by atoms with van der Waals surface area (Å²) in [7, 11) is 4.68. The molecule has 2 N–H and O–H groups in total. The molecule has 2 rings (SSSR count). The first kappa shape index (κ1) is 19.4. The van der Waals surface area contributed by atoms with Crippen LogP contribution in [-0.2, 0) is 4.79 Å². The molecule has 1 amide bonds. The Bertz CT molecular complexity index is 519. The van der Waals surface area contributed by atoms with Crippen LogP contribution in [0.4, 0.5) is 5.69 Å². The zero-order valence-corrected chi connectivity index (χ0v) is 14.6. The van der Waals surface area contributed by atoms with Crippen molar-refractivity contribution in [3.8, 4) is 17.2 Å². The van der Waals surface area contributed by atoms with E-state index in [2.05, 4.69) is 10.6 Å². The summed E-state index contributed by atoms with van der Waals surface area (Å²) in [5, 5.41) is 6.20. The zero-order chi connectivity index (χ0) is 15.9. The molecule has 0 aliphatic carbocycles. The molecule has 1 aromatic rings. The Morgan fingerprint density at radius 2 is 1.83 bits per heavy atom. The first-order chi connectivity index (χ1) is 10.7. The van der Waals surface area contributed by atoms with E-state index in [0.29, 0.717) is 35.3 Å². The number of anilines is 1. The quantitative estimate of drug-likeness (QED) is 0.795. The van der Waals surface area contributed by atoms with Gasteiger partial charge >= 0.3 is 0 Å². The predicted molar refractivity (Wildman–Crippen MR) is 92.2 cm³/mol. The topological polar surface area (TPSA) is 68.8 Å². The lowest BCUT2D eigenvalue weighted by atomic mass is 10.0. The van der Waals surface area contributed by atoms with E-state index in [9.17, 15) is 4.79 Å². The third-order valence-electron chi connectivity index (χ3n) is 3.92. The lowest BCUT2D eigenvalue weighted by molar-refractivity contribution is -0.116. The number of amides is 1. The van der Waals surface area contributed by atoms with E-state index in [-0.39, 0.29) is 18.3 Å². The van der Waals surface area contributed by atoms with Gasteiger partial charge in [-0.05, 0) is 31.8 Å². The maximum atomic E-state index is 12.1. The van der Waals surface area contributed by atoms with E-state index >= 15 is 0 Å². The van der Waals surface area contributed by atoms with Crippen LogP contribution in [0.1, 0.15) is 19.3 Å². The normalized spacial score (nSPS) is 16.4. The molecule has 6 nitrogen and oxygen atoms in total. The lowest BCUT2D eigenvalue weighted by Gasteiger charge is -2.15.